The molecule has 0 saturated heterocycles. The lowest BCUT2D eigenvalue weighted by Gasteiger charge is -2.25. The van der Waals surface area contributed by atoms with E-state index in [1.54, 1.807) is 20.8 Å². The van der Waals surface area contributed by atoms with Crippen LogP contribution in [0.2, 0.25) is 0 Å². The highest BCUT2D eigenvalue weighted by atomic mass is 32.1. The Balaban J connectivity index is 2.24. The van der Waals surface area contributed by atoms with Gasteiger partial charge in [-0.25, -0.2) is 9.78 Å². The molecule has 1 aromatic heterocycles. The summed E-state index contributed by atoms with van der Waals surface area (Å²) in [7, 11) is 0. The Bertz CT molecular complexity index is 672. The highest BCUT2D eigenvalue weighted by Crippen LogP contribution is 2.29. The summed E-state index contributed by atoms with van der Waals surface area (Å²) in [5, 5.41) is 9.31. The van der Waals surface area contributed by atoms with Crippen molar-refractivity contribution in [3.05, 3.63) is 24.3 Å². The van der Waals surface area contributed by atoms with E-state index in [-0.39, 0.29) is 13.0 Å². The van der Waals surface area contributed by atoms with E-state index >= 15 is 0 Å². The van der Waals surface area contributed by atoms with Crippen molar-refractivity contribution in [1.29, 1.82) is 0 Å². The molecule has 1 aromatic carbocycles. The number of carbonyl (C=O) groups excluding carboxylic acids is 1. The number of amides is 1. The predicted octanol–water partition coefficient (Wildman–Crippen LogP) is 3.90. The maximum atomic E-state index is 12.4. The second-order valence-corrected chi connectivity index (χ2v) is 7.10. The second-order valence-electron chi connectivity index (χ2n) is 6.09. The average Bonchev–Trinajstić information content (AvgIpc) is 2.84. The van der Waals surface area contributed by atoms with Crippen LogP contribution < -0.4 is 4.90 Å². The molecule has 0 fully saturated rings. The third-order valence-corrected chi connectivity index (χ3v) is 3.96. The minimum atomic E-state index is -0.890. The highest BCUT2D eigenvalue weighted by Gasteiger charge is 2.25. The summed E-state index contributed by atoms with van der Waals surface area (Å²) in [5.41, 5.74) is 0.179. The van der Waals surface area contributed by atoms with Crippen molar-refractivity contribution in [3.63, 3.8) is 0 Å². The number of hydrogen-bond acceptors (Lipinski definition) is 5. The summed E-state index contributed by atoms with van der Waals surface area (Å²) < 4.78 is 6.38. The number of aromatic nitrogens is 1. The smallest absolute Gasteiger partial charge is 0.416 e. The van der Waals surface area contributed by atoms with Gasteiger partial charge in [0.1, 0.15) is 5.60 Å². The number of aliphatic carboxylic acids is 1. The molecular formula is C16H20N2O4S. The van der Waals surface area contributed by atoms with Gasteiger partial charge in [0.25, 0.3) is 0 Å². The first-order chi connectivity index (χ1) is 10.8. The fourth-order valence-electron chi connectivity index (χ4n) is 1.95. The summed E-state index contributed by atoms with van der Waals surface area (Å²) in [5.74, 6) is -0.890. The van der Waals surface area contributed by atoms with E-state index in [1.807, 2.05) is 24.3 Å². The third-order valence-electron chi connectivity index (χ3n) is 2.90. The SMILES string of the molecule is CC(C)(C)OC(=O)N(CCCC(=O)O)c1nc2ccccc2s1. The molecule has 23 heavy (non-hydrogen) atoms. The van der Waals surface area contributed by atoms with E-state index in [4.69, 9.17) is 9.84 Å². The normalized spacial score (nSPS) is 11.4. The molecule has 0 atom stereocenters. The van der Waals surface area contributed by atoms with Crippen molar-refractivity contribution in [2.75, 3.05) is 11.4 Å². The van der Waals surface area contributed by atoms with Crippen molar-refractivity contribution in [2.45, 2.75) is 39.2 Å². The van der Waals surface area contributed by atoms with Gasteiger partial charge >= 0.3 is 12.1 Å². The number of benzene rings is 1. The third kappa shape index (κ3) is 4.92. The zero-order valence-corrected chi connectivity index (χ0v) is 14.2. The van der Waals surface area contributed by atoms with Crippen molar-refractivity contribution >= 4 is 38.7 Å². The molecule has 0 aliphatic carbocycles. The zero-order valence-electron chi connectivity index (χ0n) is 13.4. The monoisotopic (exact) mass is 336 g/mol. The first-order valence-electron chi connectivity index (χ1n) is 7.34. The van der Waals surface area contributed by atoms with Gasteiger partial charge in [0.15, 0.2) is 5.13 Å². The lowest BCUT2D eigenvalue weighted by Crippen LogP contribution is -2.37. The lowest BCUT2D eigenvalue weighted by atomic mass is 10.2. The minimum Gasteiger partial charge on any atom is -0.481 e. The number of hydrogen-bond donors (Lipinski definition) is 1. The van der Waals surface area contributed by atoms with Gasteiger partial charge in [0.05, 0.1) is 10.2 Å². The Morgan fingerprint density at radius 2 is 2.00 bits per heavy atom. The number of fused-ring (bicyclic) bond motifs is 1. The Labute approximate surface area is 138 Å². The van der Waals surface area contributed by atoms with Crippen LogP contribution in [0.3, 0.4) is 0 Å². The van der Waals surface area contributed by atoms with Gasteiger partial charge in [0, 0.05) is 13.0 Å². The standard InChI is InChI=1S/C16H20N2O4S/c1-16(2,3)22-15(21)18(10-6-9-13(19)20)14-17-11-7-4-5-8-12(11)23-14/h4-5,7-8H,6,9-10H2,1-3H3,(H,19,20). The summed E-state index contributed by atoms with van der Waals surface area (Å²) in [6, 6.07) is 7.60. The summed E-state index contributed by atoms with van der Waals surface area (Å²) in [4.78, 5) is 29.0. The maximum absolute atomic E-state index is 12.4. The number of nitrogens with zero attached hydrogens (tertiary/aromatic N) is 2. The Hall–Kier alpha value is -2.15. The largest absolute Gasteiger partial charge is 0.481 e. The topological polar surface area (TPSA) is 79.7 Å². The van der Waals surface area contributed by atoms with Gasteiger partial charge in [-0.15, -0.1) is 0 Å². The Morgan fingerprint density at radius 1 is 1.30 bits per heavy atom. The molecular weight excluding hydrogens is 316 g/mol. The number of para-hydroxylation sites is 1. The van der Waals surface area contributed by atoms with E-state index in [0.29, 0.717) is 11.6 Å². The van der Waals surface area contributed by atoms with Crippen LogP contribution in [0, 0.1) is 0 Å². The van der Waals surface area contributed by atoms with Crippen molar-refractivity contribution < 1.29 is 19.4 Å². The van der Waals surface area contributed by atoms with Crippen molar-refractivity contribution in [2.24, 2.45) is 0 Å². The molecule has 0 unspecified atom stereocenters. The van der Waals surface area contributed by atoms with Crippen LogP contribution in [-0.2, 0) is 9.53 Å². The molecule has 6 nitrogen and oxygen atoms in total. The number of thiazole rings is 1. The maximum Gasteiger partial charge on any atom is 0.416 e. The highest BCUT2D eigenvalue weighted by molar-refractivity contribution is 7.22. The Morgan fingerprint density at radius 3 is 2.61 bits per heavy atom. The number of carboxylic acid groups (broad SMARTS) is 1. The van der Waals surface area contributed by atoms with Crippen LogP contribution >= 0.6 is 11.3 Å². The molecule has 7 heteroatoms. The fourth-order valence-corrected chi connectivity index (χ4v) is 2.93. The molecule has 2 aromatic rings. The fraction of sp³-hybridized carbons (Fsp3) is 0.438. The van der Waals surface area contributed by atoms with Crippen molar-refractivity contribution in [1.82, 2.24) is 4.98 Å². The molecule has 1 N–H and O–H groups in total. The first-order valence-corrected chi connectivity index (χ1v) is 8.16. The van der Waals surface area contributed by atoms with Crippen LogP contribution in [0.15, 0.2) is 24.3 Å². The zero-order chi connectivity index (χ0) is 17.0. The van der Waals surface area contributed by atoms with Crippen molar-refractivity contribution in [3.8, 4) is 0 Å². The van der Waals surface area contributed by atoms with Gasteiger partial charge in [-0.2, -0.15) is 0 Å². The number of anilines is 1. The predicted molar refractivity (Wildman–Crippen MR) is 90.1 cm³/mol. The summed E-state index contributed by atoms with van der Waals surface area (Å²) in [6.45, 7) is 5.62. The van der Waals surface area contributed by atoms with E-state index < -0.39 is 17.7 Å². The summed E-state index contributed by atoms with van der Waals surface area (Å²) in [6.07, 6.45) is -0.184. The molecule has 1 heterocycles. The van der Waals surface area contributed by atoms with E-state index in [0.717, 1.165) is 10.2 Å². The van der Waals surface area contributed by atoms with Gasteiger partial charge in [-0.1, -0.05) is 23.5 Å². The first kappa shape index (κ1) is 17.2. The van der Waals surface area contributed by atoms with E-state index in [1.165, 1.54) is 16.2 Å². The minimum absolute atomic E-state index is 0.00973. The van der Waals surface area contributed by atoms with Crippen LogP contribution in [0.1, 0.15) is 33.6 Å². The van der Waals surface area contributed by atoms with Gasteiger partial charge in [-0.05, 0) is 39.3 Å². The molecule has 0 aliphatic rings. The second kappa shape index (κ2) is 6.95. The van der Waals surface area contributed by atoms with Crippen LogP contribution in [0.25, 0.3) is 10.2 Å². The van der Waals surface area contributed by atoms with Gasteiger partial charge < -0.3 is 9.84 Å². The number of carboxylic acids is 1. The van der Waals surface area contributed by atoms with Crippen LogP contribution in [-0.4, -0.2) is 34.3 Å². The summed E-state index contributed by atoms with van der Waals surface area (Å²) >= 11 is 1.39. The van der Waals surface area contributed by atoms with Crippen LogP contribution in [0.4, 0.5) is 9.93 Å². The molecule has 0 saturated carbocycles. The quantitative estimate of drug-likeness (QED) is 0.895. The van der Waals surface area contributed by atoms with E-state index in [9.17, 15) is 9.59 Å². The van der Waals surface area contributed by atoms with E-state index in [2.05, 4.69) is 4.98 Å². The molecule has 0 radical (unpaired) electrons. The van der Waals surface area contributed by atoms with Gasteiger partial charge in [0.2, 0.25) is 0 Å². The molecule has 0 aliphatic heterocycles. The number of rotatable bonds is 5. The number of ether oxygens (including phenoxy) is 1. The number of carbonyl (C=O) groups is 2. The molecule has 1 amide bonds. The van der Waals surface area contributed by atoms with Crippen LogP contribution in [0.5, 0.6) is 0 Å². The molecule has 2 rings (SSSR count). The molecule has 0 spiro atoms. The van der Waals surface area contributed by atoms with Gasteiger partial charge in [-0.3, -0.25) is 9.69 Å². The average molecular weight is 336 g/mol. The molecule has 124 valence electrons. The molecule has 0 bridgehead atoms. The Kier molecular flexibility index (Phi) is 5.20. The lowest BCUT2D eigenvalue weighted by molar-refractivity contribution is -0.137.